The molecule has 2 heterocycles. The van der Waals surface area contributed by atoms with E-state index >= 15 is 0 Å². The number of carbonyl (C=O) groups is 1. The molecule has 120 valence electrons. The molecule has 2 aromatic carbocycles. The minimum atomic E-state index is -1.21. The molecule has 0 radical (unpaired) electrons. The van der Waals surface area contributed by atoms with E-state index in [9.17, 15) is 9.18 Å². The van der Waals surface area contributed by atoms with Crippen molar-refractivity contribution < 1.29 is 9.18 Å². The van der Waals surface area contributed by atoms with Crippen LogP contribution in [-0.4, -0.2) is 20.5 Å². The molecule has 0 N–H and O–H groups in total. The Morgan fingerprint density at radius 2 is 1.83 bits per heavy atom. The molecular weight excluding hydrogens is 305 g/mol. The first kappa shape index (κ1) is 14.8. The average molecular weight is 321 g/mol. The summed E-state index contributed by atoms with van der Waals surface area (Å²) >= 11 is 0. The van der Waals surface area contributed by atoms with Crippen molar-refractivity contribution in [2.75, 3.05) is 0 Å². The summed E-state index contributed by atoms with van der Waals surface area (Å²) in [6.07, 6.45) is -0.904. The second-order valence-electron chi connectivity index (χ2n) is 6.01. The van der Waals surface area contributed by atoms with Crippen molar-refractivity contribution >= 4 is 5.78 Å². The summed E-state index contributed by atoms with van der Waals surface area (Å²) in [5.74, 6) is 0.0254. The largest absolute Gasteiger partial charge is 0.285 e. The van der Waals surface area contributed by atoms with Gasteiger partial charge in [-0.1, -0.05) is 54.6 Å². The predicted molar refractivity (Wildman–Crippen MR) is 87.7 cm³/mol. The van der Waals surface area contributed by atoms with Crippen molar-refractivity contribution in [3.05, 3.63) is 82.9 Å². The van der Waals surface area contributed by atoms with Crippen LogP contribution in [0.4, 0.5) is 4.39 Å². The second-order valence-corrected chi connectivity index (χ2v) is 6.01. The average Bonchev–Trinajstić information content (AvgIpc) is 3.16. The zero-order valence-electron chi connectivity index (χ0n) is 13.2. The fourth-order valence-electron chi connectivity index (χ4n) is 3.18. The number of alkyl halides is 1. The van der Waals surface area contributed by atoms with Crippen LogP contribution in [-0.2, 0) is 0 Å². The van der Waals surface area contributed by atoms with Gasteiger partial charge in [0.15, 0.2) is 12.0 Å². The minimum absolute atomic E-state index is 0.0579. The molecule has 1 aliphatic heterocycles. The summed E-state index contributed by atoms with van der Waals surface area (Å²) < 4.78 is 15.9. The van der Waals surface area contributed by atoms with E-state index in [1.807, 2.05) is 49.4 Å². The fourth-order valence-corrected chi connectivity index (χ4v) is 3.18. The fraction of sp³-hybridized carbons (Fsp3) is 0.211. The number of hydrogen-bond acceptors (Lipinski definition) is 3. The van der Waals surface area contributed by atoms with E-state index in [-0.39, 0.29) is 23.5 Å². The molecule has 24 heavy (non-hydrogen) atoms. The number of ketones is 1. The molecule has 0 saturated carbocycles. The molecule has 1 aliphatic rings. The van der Waals surface area contributed by atoms with Crippen LogP contribution in [0, 0.1) is 6.92 Å². The van der Waals surface area contributed by atoms with Crippen LogP contribution in [0.25, 0.3) is 0 Å². The third-order valence-electron chi connectivity index (χ3n) is 4.44. The summed E-state index contributed by atoms with van der Waals surface area (Å²) in [6, 6.07) is 16.7. The zero-order valence-corrected chi connectivity index (χ0v) is 13.2. The number of nitrogens with zero attached hydrogens (tertiary/aromatic N) is 3. The highest BCUT2D eigenvalue weighted by Gasteiger charge is 2.36. The Morgan fingerprint density at radius 1 is 1.12 bits per heavy atom. The quantitative estimate of drug-likeness (QED) is 0.689. The molecule has 0 spiro atoms. The van der Waals surface area contributed by atoms with Gasteiger partial charge in [0.1, 0.15) is 0 Å². The lowest BCUT2D eigenvalue weighted by Crippen LogP contribution is -2.11. The van der Waals surface area contributed by atoms with Crippen molar-refractivity contribution in [2.45, 2.75) is 25.6 Å². The van der Waals surface area contributed by atoms with Crippen LogP contribution in [0.1, 0.15) is 51.8 Å². The third kappa shape index (κ3) is 2.33. The van der Waals surface area contributed by atoms with Crippen molar-refractivity contribution in [2.24, 2.45) is 0 Å². The number of fused-ring (bicyclic) bond motifs is 1. The molecule has 5 heteroatoms. The first-order chi connectivity index (χ1) is 11.6. The van der Waals surface area contributed by atoms with Gasteiger partial charge in [-0.2, -0.15) is 0 Å². The van der Waals surface area contributed by atoms with E-state index in [1.165, 1.54) is 0 Å². The van der Waals surface area contributed by atoms with Gasteiger partial charge < -0.3 is 0 Å². The Morgan fingerprint density at radius 3 is 2.58 bits per heavy atom. The summed E-state index contributed by atoms with van der Waals surface area (Å²) in [5, 5.41) is 4.33. The Balaban J connectivity index is 1.74. The van der Waals surface area contributed by atoms with Crippen molar-refractivity contribution in [3.63, 3.8) is 0 Å². The molecule has 3 aromatic rings. The molecule has 2 atom stereocenters. The maximum Gasteiger partial charge on any atom is 0.232 e. The lowest BCUT2D eigenvalue weighted by atomic mass is 10.0. The SMILES string of the molecule is Cc1ccccc1C(=O)c1nc2n(n1)[C@H](c1ccccc1)C[C@@H]2F. The van der Waals surface area contributed by atoms with Gasteiger partial charge in [0.2, 0.25) is 11.6 Å². The maximum absolute atomic E-state index is 14.4. The first-order valence-corrected chi connectivity index (χ1v) is 7.91. The van der Waals surface area contributed by atoms with E-state index in [1.54, 1.807) is 16.8 Å². The number of rotatable bonds is 3. The Bertz CT molecular complexity index is 904. The van der Waals surface area contributed by atoms with Crippen molar-refractivity contribution in [1.29, 1.82) is 0 Å². The highest BCUT2D eigenvalue weighted by molar-refractivity contribution is 6.07. The number of hydrogen-bond donors (Lipinski definition) is 0. The van der Waals surface area contributed by atoms with Crippen molar-refractivity contribution in [3.8, 4) is 0 Å². The molecule has 4 nitrogen and oxygen atoms in total. The predicted octanol–water partition coefficient (Wildman–Crippen LogP) is 3.82. The van der Waals surface area contributed by atoms with Crippen LogP contribution >= 0.6 is 0 Å². The van der Waals surface area contributed by atoms with Crippen LogP contribution in [0.15, 0.2) is 54.6 Å². The minimum Gasteiger partial charge on any atom is -0.285 e. The van der Waals surface area contributed by atoms with Gasteiger partial charge in [0.05, 0.1) is 6.04 Å². The normalized spacial score (nSPS) is 19.2. The van der Waals surface area contributed by atoms with E-state index in [4.69, 9.17) is 0 Å². The Labute approximate surface area is 139 Å². The second kappa shape index (κ2) is 5.67. The highest BCUT2D eigenvalue weighted by atomic mass is 19.1. The molecule has 0 unspecified atom stereocenters. The van der Waals surface area contributed by atoms with Gasteiger partial charge >= 0.3 is 0 Å². The molecule has 0 bridgehead atoms. The van der Waals surface area contributed by atoms with Crippen LogP contribution in [0.5, 0.6) is 0 Å². The Hall–Kier alpha value is -2.82. The molecule has 0 fully saturated rings. The standard InChI is InChI=1S/C19H16FN3O/c1-12-7-5-6-10-14(12)17(24)18-21-19-15(20)11-16(23(19)22-18)13-8-3-2-4-9-13/h2-10,15-16H,11H2,1H3/t15-,16-/m0/s1. The van der Waals surface area contributed by atoms with E-state index < -0.39 is 6.17 Å². The molecular formula is C19H16FN3O. The van der Waals surface area contributed by atoms with E-state index in [0.717, 1.165) is 11.1 Å². The van der Waals surface area contributed by atoms with Gasteiger partial charge in [-0.25, -0.2) is 14.1 Å². The zero-order chi connectivity index (χ0) is 16.7. The summed E-state index contributed by atoms with van der Waals surface area (Å²) in [4.78, 5) is 16.9. The number of aromatic nitrogens is 3. The summed E-state index contributed by atoms with van der Waals surface area (Å²) in [5.41, 5.74) is 2.38. The molecule has 0 aliphatic carbocycles. The van der Waals surface area contributed by atoms with E-state index in [0.29, 0.717) is 12.0 Å². The van der Waals surface area contributed by atoms with Gasteiger partial charge in [-0.3, -0.25) is 4.79 Å². The molecule has 0 amide bonds. The van der Waals surface area contributed by atoms with Crippen molar-refractivity contribution in [1.82, 2.24) is 14.8 Å². The number of aryl methyl sites for hydroxylation is 1. The molecule has 0 saturated heterocycles. The third-order valence-corrected chi connectivity index (χ3v) is 4.44. The summed E-state index contributed by atoms with van der Waals surface area (Å²) in [7, 11) is 0. The van der Waals surface area contributed by atoms with Crippen LogP contribution in [0.3, 0.4) is 0 Å². The summed E-state index contributed by atoms with van der Waals surface area (Å²) in [6.45, 7) is 1.86. The van der Waals surface area contributed by atoms with E-state index in [2.05, 4.69) is 10.1 Å². The molecule has 1 aromatic heterocycles. The van der Waals surface area contributed by atoms with Gasteiger partial charge in [0, 0.05) is 12.0 Å². The van der Waals surface area contributed by atoms with Gasteiger partial charge in [0.25, 0.3) is 0 Å². The van der Waals surface area contributed by atoms with Crippen LogP contribution < -0.4 is 0 Å². The smallest absolute Gasteiger partial charge is 0.232 e. The lowest BCUT2D eigenvalue weighted by Gasteiger charge is -2.11. The van der Waals surface area contributed by atoms with Gasteiger partial charge in [-0.05, 0) is 18.1 Å². The topological polar surface area (TPSA) is 47.8 Å². The lowest BCUT2D eigenvalue weighted by molar-refractivity contribution is 0.102. The van der Waals surface area contributed by atoms with Crippen LogP contribution in [0.2, 0.25) is 0 Å². The first-order valence-electron chi connectivity index (χ1n) is 7.91. The maximum atomic E-state index is 14.4. The number of halogens is 1. The monoisotopic (exact) mass is 321 g/mol. The Kier molecular flexibility index (Phi) is 3.49. The molecule has 4 rings (SSSR count). The number of benzene rings is 2. The van der Waals surface area contributed by atoms with Gasteiger partial charge in [-0.15, -0.1) is 5.10 Å². The highest BCUT2D eigenvalue weighted by Crippen LogP contribution is 2.39. The number of carbonyl (C=O) groups excluding carboxylic acids is 1.